The molecule has 0 unspecified atom stereocenters. The fourth-order valence-corrected chi connectivity index (χ4v) is 3.13. The molecule has 8 heteroatoms. The number of thioether (sulfide) groups is 1. The fourth-order valence-electron chi connectivity index (χ4n) is 2.01. The van der Waals surface area contributed by atoms with Crippen molar-refractivity contribution in [1.82, 2.24) is 5.32 Å². The minimum absolute atomic E-state index is 0.00183. The van der Waals surface area contributed by atoms with Crippen LogP contribution in [0.15, 0.2) is 35.2 Å². The predicted octanol–water partition coefficient (Wildman–Crippen LogP) is 2.78. The number of benzene rings is 1. The predicted molar refractivity (Wildman–Crippen MR) is 97.9 cm³/mol. The molecule has 0 saturated carbocycles. The van der Waals surface area contributed by atoms with Crippen LogP contribution in [-0.2, 0) is 23.8 Å². The lowest BCUT2D eigenvalue weighted by atomic mass is 10.1. The Morgan fingerprint density at radius 2 is 1.62 bits per heavy atom. The Morgan fingerprint density at radius 3 is 2.12 bits per heavy atom. The quantitative estimate of drug-likeness (QED) is 0.440. The topological polar surface area (TPSA) is 90.9 Å². The first-order chi connectivity index (χ1) is 12.2. The second-order valence-electron chi connectivity index (χ2n) is 6.40. The number of rotatable bonds is 7. The summed E-state index contributed by atoms with van der Waals surface area (Å²) in [5.74, 6) is -1.17. The number of carbonyl (C=O) groups excluding carboxylic acids is 3. The SMILES string of the molecule is COC(=O)[C@H](C[C@H](Sc1ccccc1)C(=O)OC)NC(=O)OC(C)(C)C. The molecule has 7 nitrogen and oxygen atoms in total. The Balaban J connectivity index is 2.90. The first-order valence-corrected chi connectivity index (χ1v) is 8.91. The van der Waals surface area contributed by atoms with Crippen LogP contribution in [0.4, 0.5) is 4.79 Å². The monoisotopic (exact) mass is 383 g/mol. The number of ether oxygens (including phenoxy) is 3. The number of esters is 2. The Morgan fingerprint density at radius 1 is 1.04 bits per heavy atom. The van der Waals surface area contributed by atoms with Crippen molar-refractivity contribution in [2.75, 3.05) is 14.2 Å². The molecule has 0 bridgehead atoms. The molecule has 0 aromatic heterocycles. The van der Waals surface area contributed by atoms with Crippen LogP contribution in [0.1, 0.15) is 27.2 Å². The van der Waals surface area contributed by atoms with Gasteiger partial charge in [-0.05, 0) is 32.9 Å². The Bertz CT molecular complexity index is 614. The molecule has 0 aliphatic carbocycles. The average molecular weight is 383 g/mol. The maximum atomic E-state index is 12.1. The second kappa shape index (κ2) is 10.1. The van der Waals surface area contributed by atoms with Crippen molar-refractivity contribution >= 4 is 29.8 Å². The van der Waals surface area contributed by atoms with Gasteiger partial charge in [0.2, 0.25) is 0 Å². The largest absolute Gasteiger partial charge is 0.468 e. The second-order valence-corrected chi connectivity index (χ2v) is 7.68. The van der Waals surface area contributed by atoms with Crippen molar-refractivity contribution in [3.8, 4) is 0 Å². The molecule has 0 aliphatic rings. The highest BCUT2D eigenvalue weighted by atomic mass is 32.2. The standard InChI is InChI=1S/C18H25NO6S/c1-18(2,3)25-17(22)19-13(15(20)23-4)11-14(16(21)24-5)26-12-9-7-6-8-10-12/h6-10,13-14H,11H2,1-5H3,(H,19,22)/t13-,14-/m0/s1. The Hall–Kier alpha value is -2.22. The van der Waals surface area contributed by atoms with Crippen molar-refractivity contribution in [2.45, 2.75) is 49.0 Å². The highest BCUT2D eigenvalue weighted by molar-refractivity contribution is 8.00. The number of amides is 1. The fraction of sp³-hybridized carbons (Fsp3) is 0.500. The molecule has 0 aliphatic heterocycles. The summed E-state index contributed by atoms with van der Waals surface area (Å²) in [6.45, 7) is 5.13. The number of methoxy groups -OCH3 is 2. The van der Waals surface area contributed by atoms with Crippen LogP contribution in [0, 0.1) is 0 Å². The van der Waals surface area contributed by atoms with Gasteiger partial charge in [0.25, 0.3) is 0 Å². The van der Waals surface area contributed by atoms with Crippen molar-refractivity contribution in [2.24, 2.45) is 0 Å². The zero-order valence-electron chi connectivity index (χ0n) is 15.6. The number of nitrogens with one attached hydrogen (secondary N) is 1. The van der Waals surface area contributed by atoms with E-state index in [-0.39, 0.29) is 6.42 Å². The van der Waals surface area contributed by atoms with Crippen molar-refractivity contribution in [3.05, 3.63) is 30.3 Å². The molecule has 0 radical (unpaired) electrons. The van der Waals surface area contributed by atoms with Gasteiger partial charge >= 0.3 is 18.0 Å². The molecule has 0 spiro atoms. The third kappa shape index (κ3) is 7.77. The molecule has 0 saturated heterocycles. The van der Waals surface area contributed by atoms with E-state index < -0.39 is 34.9 Å². The lowest BCUT2D eigenvalue weighted by Crippen LogP contribution is -2.46. The van der Waals surface area contributed by atoms with Crippen molar-refractivity contribution < 1.29 is 28.6 Å². The molecule has 0 fully saturated rings. The van der Waals surface area contributed by atoms with E-state index in [1.54, 1.807) is 20.8 Å². The van der Waals surface area contributed by atoms with E-state index in [9.17, 15) is 14.4 Å². The molecule has 2 atom stereocenters. The van der Waals surface area contributed by atoms with E-state index in [0.29, 0.717) is 0 Å². The average Bonchev–Trinajstić information content (AvgIpc) is 2.58. The summed E-state index contributed by atoms with van der Waals surface area (Å²) in [6, 6.07) is 8.18. The van der Waals surface area contributed by atoms with Crippen LogP contribution in [-0.4, -0.2) is 49.1 Å². The summed E-state index contributed by atoms with van der Waals surface area (Å²) in [6.07, 6.45) is -0.765. The third-order valence-corrected chi connectivity index (χ3v) is 4.33. The molecule has 1 amide bonds. The van der Waals surface area contributed by atoms with Gasteiger partial charge in [-0.15, -0.1) is 11.8 Å². The maximum Gasteiger partial charge on any atom is 0.408 e. The van der Waals surface area contributed by atoms with E-state index in [1.165, 1.54) is 26.0 Å². The summed E-state index contributed by atoms with van der Waals surface area (Å²) < 4.78 is 14.7. The highest BCUT2D eigenvalue weighted by Gasteiger charge is 2.32. The first kappa shape index (κ1) is 21.8. The van der Waals surface area contributed by atoms with Crippen LogP contribution in [0.3, 0.4) is 0 Å². The van der Waals surface area contributed by atoms with Gasteiger partial charge in [0.05, 0.1) is 14.2 Å². The van der Waals surface area contributed by atoms with Gasteiger partial charge in [-0.1, -0.05) is 18.2 Å². The summed E-state index contributed by atoms with van der Waals surface area (Å²) in [4.78, 5) is 37.0. The van der Waals surface area contributed by atoms with Crippen LogP contribution < -0.4 is 5.32 Å². The molecule has 1 aromatic rings. The van der Waals surface area contributed by atoms with Gasteiger partial charge in [0.15, 0.2) is 0 Å². The molecular weight excluding hydrogens is 358 g/mol. The van der Waals surface area contributed by atoms with Gasteiger partial charge < -0.3 is 19.5 Å². The van der Waals surface area contributed by atoms with E-state index in [4.69, 9.17) is 14.2 Å². The molecule has 0 heterocycles. The van der Waals surface area contributed by atoms with Crippen molar-refractivity contribution in [3.63, 3.8) is 0 Å². The number of hydrogen-bond acceptors (Lipinski definition) is 7. The number of carbonyl (C=O) groups is 3. The normalized spacial score (nSPS) is 13.3. The van der Waals surface area contributed by atoms with Crippen molar-refractivity contribution in [1.29, 1.82) is 0 Å². The molecular formula is C18H25NO6S. The Labute approximate surface area is 157 Å². The summed E-state index contributed by atoms with van der Waals surface area (Å²) in [5.41, 5.74) is -0.717. The van der Waals surface area contributed by atoms with Crippen LogP contribution >= 0.6 is 11.8 Å². The van der Waals surface area contributed by atoms with Crippen LogP contribution in [0.2, 0.25) is 0 Å². The van der Waals surface area contributed by atoms with Crippen LogP contribution in [0.5, 0.6) is 0 Å². The molecule has 144 valence electrons. The van der Waals surface area contributed by atoms with Gasteiger partial charge in [-0.25, -0.2) is 9.59 Å². The maximum absolute atomic E-state index is 12.1. The molecule has 1 aromatic carbocycles. The van der Waals surface area contributed by atoms with Gasteiger partial charge in [-0.2, -0.15) is 0 Å². The van der Waals surface area contributed by atoms with E-state index in [1.807, 2.05) is 30.3 Å². The summed E-state index contributed by atoms with van der Waals surface area (Å²) in [7, 11) is 2.49. The lowest BCUT2D eigenvalue weighted by Gasteiger charge is -2.24. The molecule has 1 rings (SSSR count). The van der Waals surface area contributed by atoms with Crippen LogP contribution in [0.25, 0.3) is 0 Å². The number of alkyl carbamates (subject to hydrolysis) is 1. The zero-order chi connectivity index (χ0) is 19.7. The molecule has 1 N–H and O–H groups in total. The zero-order valence-corrected chi connectivity index (χ0v) is 16.4. The minimum atomic E-state index is -1.05. The summed E-state index contributed by atoms with van der Waals surface area (Å²) in [5, 5.41) is 1.76. The minimum Gasteiger partial charge on any atom is -0.468 e. The summed E-state index contributed by atoms with van der Waals surface area (Å²) >= 11 is 1.24. The van der Waals surface area contributed by atoms with E-state index in [2.05, 4.69) is 5.32 Å². The first-order valence-electron chi connectivity index (χ1n) is 8.03. The smallest absolute Gasteiger partial charge is 0.408 e. The Kier molecular flexibility index (Phi) is 8.44. The lowest BCUT2D eigenvalue weighted by molar-refractivity contribution is -0.144. The molecule has 26 heavy (non-hydrogen) atoms. The van der Waals surface area contributed by atoms with E-state index >= 15 is 0 Å². The van der Waals surface area contributed by atoms with Gasteiger partial charge in [0, 0.05) is 11.3 Å². The van der Waals surface area contributed by atoms with E-state index in [0.717, 1.165) is 4.90 Å². The third-order valence-electron chi connectivity index (χ3n) is 3.11. The van der Waals surface area contributed by atoms with Gasteiger partial charge in [0.1, 0.15) is 16.9 Å². The van der Waals surface area contributed by atoms with Gasteiger partial charge in [-0.3, -0.25) is 4.79 Å². The highest BCUT2D eigenvalue weighted by Crippen LogP contribution is 2.27. The number of hydrogen-bond donors (Lipinski definition) is 1.